The van der Waals surface area contributed by atoms with Crippen molar-refractivity contribution in [3.63, 3.8) is 0 Å². The van der Waals surface area contributed by atoms with Gasteiger partial charge in [-0.2, -0.15) is 0 Å². The van der Waals surface area contributed by atoms with E-state index in [0.29, 0.717) is 13.2 Å². The number of rotatable bonds is 3. The van der Waals surface area contributed by atoms with Gasteiger partial charge in [-0.25, -0.2) is 0 Å². The molecule has 0 spiro atoms. The van der Waals surface area contributed by atoms with E-state index in [1.54, 1.807) is 0 Å². The Morgan fingerprint density at radius 1 is 1.31 bits per heavy atom. The third kappa shape index (κ3) is 1.89. The summed E-state index contributed by atoms with van der Waals surface area (Å²) in [5, 5.41) is 10.9. The predicted molar refractivity (Wildman–Crippen MR) is 64.1 cm³/mol. The average molecular weight is 227 g/mol. The van der Waals surface area contributed by atoms with Crippen molar-refractivity contribution >= 4 is 0 Å². The van der Waals surface area contributed by atoms with Crippen molar-refractivity contribution in [1.29, 1.82) is 0 Å². The molecule has 2 aliphatic rings. The SMILES string of the molecule is CCC1CCC(O)(C2(CN)CCOC2)CC1. The van der Waals surface area contributed by atoms with Gasteiger partial charge in [0.25, 0.3) is 0 Å². The van der Waals surface area contributed by atoms with Gasteiger partial charge in [0.05, 0.1) is 12.2 Å². The first-order valence-corrected chi connectivity index (χ1v) is 6.66. The van der Waals surface area contributed by atoms with Crippen molar-refractivity contribution in [3.8, 4) is 0 Å². The number of hydrogen-bond donors (Lipinski definition) is 2. The van der Waals surface area contributed by atoms with Crippen LogP contribution in [0.25, 0.3) is 0 Å². The maximum Gasteiger partial charge on any atom is 0.0739 e. The lowest BCUT2D eigenvalue weighted by atomic mass is 9.62. The first kappa shape index (κ1) is 12.3. The Labute approximate surface area is 98.4 Å². The fourth-order valence-corrected chi connectivity index (χ4v) is 3.42. The zero-order valence-corrected chi connectivity index (χ0v) is 10.4. The smallest absolute Gasteiger partial charge is 0.0739 e. The maximum atomic E-state index is 10.9. The summed E-state index contributed by atoms with van der Waals surface area (Å²) in [4.78, 5) is 0. The summed E-state index contributed by atoms with van der Waals surface area (Å²) in [5.74, 6) is 0.803. The highest BCUT2D eigenvalue weighted by Crippen LogP contribution is 2.48. The molecule has 1 saturated heterocycles. The molecule has 3 N–H and O–H groups in total. The first-order chi connectivity index (χ1) is 7.66. The molecule has 1 unspecified atom stereocenters. The molecule has 3 heteroatoms. The van der Waals surface area contributed by atoms with Crippen LogP contribution in [-0.4, -0.2) is 30.5 Å². The Morgan fingerprint density at radius 2 is 2.00 bits per heavy atom. The molecule has 16 heavy (non-hydrogen) atoms. The van der Waals surface area contributed by atoms with Crippen LogP contribution in [0.3, 0.4) is 0 Å². The summed E-state index contributed by atoms with van der Waals surface area (Å²) < 4.78 is 5.48. The maximum absolute atomic E-state index is 10.9. The number of hydrogen-bond acceptors (Lipinski definition) is 3. The van der Waals surface area contributed by atoms with Crippen molar-refractivity contribution in [3.05, 3.63) is 0 Å². The zero-order valence-electron chi connectivity index (χ0n) is 10.4. The molecule has 2 rings (SSSR count). The van der Waals surface area contributed by atoms with E-state index >= 15 is 0 Å². The summed E-state index contributed by atoms with van der Waals surface area (Å²) in [6.07, 6.45) is 6.28. The summed E-state index contributed by atoms with van der Waals surface area (Å²) in [6.45, 7) is 4.21. The lowest BCUT2D eigenvalue weighted by Crippen LogP contribution is -2.54. The van der Waals surface area contributed by atoms with Gasteiger partial charge in [0.15, 0.2) is 0 Å². The fourth-order valence-electron chi connectivity index (χ4n) is 3.42. The monoisotopic (exact) mass is 227 g/mol. The highest BCUT2D eigenvalue weighted by Gasteiger charge is 2.52. The fraction of sp³-hybridized carbons (Fsp3) is 1.00. The first-order valence-electron chi connectivity index (χ1n) is 6.66. The molecule has 2 fully saturated rings. The quantitative estimate of drug-likeness (QED) is 0.771. The lowest BCUT2D eigenvalue weighted by molar-refractivity contribution is -0.114. The molecule has 1 atom stereocenters. The van der Waals surface area contributed by atoms with Gasteiger partial charge >= 0.3 is 0 Å². The molecule has 0 aromatic heterocycles. The molecule has 1 heterocycles. The minimum atomic E-state index is -0.566. The Kier molecular flexibility index (Phi) is 3.57. The molecule has 0 aromatic rings. The third-order valence-corrected chi connectivity index (χ3v) is 4.99. The van der Waals surface area contributed by atoms with E-state index in [0.717, 1.165) is 44.6 Å². The molecular weight excluding hydrogens is 202 g/mol. The van der Waals surface area contributed by atoms with Gasteiger partial charge in [-0.1, -0.05) is 13.3 Å². The minimum Gasteiger partial charge on any atom is -0.389 e. The van der Waals surface area contributed by atoms with E-state index in [9.17, 15) is 5.11 Å². The van der Waals surface area contributed by atoms with E-state index < -0.39 is 5.60 Å². The number of aliphatic hydroxyl groups is 1. The molecule has 1 aliphatic carbocycles. The Bertz CT molecular complexity index is 228. The summed E-state index contributed by atoms with van der Waals surface area (Å²) in [7, 11) is 0. The van der Waals surface area contributed by atoms with Crippen LogP contribution in [-0.2, 0) is 4.74 Å². The normalized spacial score (nSPS) is 44.8. The summed E-state index contributed by atoms with van der Waals surface area (Å²) in [6, 6.07) is 0. The number of ether oxygens (including phenoxy) is 1. The highest BCUT2D eigenvalue weighted by molar-refractivity contribution is 5.03. The van der Waals surface area contributed by atoms with Crippen LogP contribution in [0.1, 0.15) is 45.4 Å². The molecule has 3 nitrogen and oxygen atoms in total. The van der Waals surface area contributed by atoms with E-state index in [4.69, 9.17) is 10.5 Å². The Morgan fingerprint density at radius 3 is 2.44 bits per heavy atom. The van der Waals surface area contributed by atoms with Gasteiger partial charge in [-0.15, -0.1) is 0 Å². The highest BCUT2D eigenvalue weighted by atomic mass is 16.5. The second kappa shape index (κ2) is 4.63. The van der Waals surface area contributed by atoms with Gasteiger partial charge in [0.1, 0.15) is 0 Å². The van der Waals surface area contributed by atoms with Crippen LogP contribution in [0.15, 0.2) is 0 Å². The van der Waals surface area contributed by atoms with Crippen molar-refractivity contribution in [2.24, 2.45) is 17.1 Å². The largest absolute Gasteiger partial charge is 0.389 e. The molecule has 0 amide bonds. The van der Waals surface area contributed by atoms with Crippen LogP contribution in [0.2, 0.25) is 0 Å². The van der Waals surface area contributed by atoms with Crippen molar-refractivity contribution < 1.29 is 9.84 Å². The average Bonchev–Trinajstić information content (AvgIpc) is 2.80. The van der Waals surface area contributed by atoms with E-state index in [1.165, 1.54) is 6.42 Å². The van der Waals surface area contributed by atoms with Crippen LogP contribution >= 0.6 is 0 Å². The van der Waals surface area contributed by atoms with Gasteiger partial charge in [0, 0.05) is 18.6 Å². The topological polar surface area (TPSA) is 55.5 Å². The van der Waals surface area contributed by atoms with Crippen molar-refractivity contribution in [2.75, 3.05) is 19.8 Å². The molecule has 1 saturated carbocycles. The third-order valence-electron chi connectivity index (χ3n) is 4.99. The Balaban J connectivity index is 2.07. The molecule has 1 aliphatic heterocycles. The van der Waals surface area contributed by atoms with Crippen LogP contribution < -0.4 is 5.73 Å². The zero-order chi connectivity index (χ0) is 11.6. The summed E-state index contributed by atoms with van der Waals surface area (Å²) >= 11 is 0. The van der Waals surface area contributed by atoms with Crippen molar-refractivity contribution in [1.82, 2.24) is 0 Å². The lowest BCUT2D eigenvalue weighted by Gasteiger charge is -2.47. The molecule has 0 radical (unpaired) electrons. The van der Waals surface area contributed by atoms with E-state index in [-0.39, 0.29) is 5.41 Å². The number of nitrogens with two attached hydrogens (primary N) is 1. The van der Waals surface area contributed by atoms with Gasteiger partial charge < -0.3 is 15.6 Å². The second-order valence-corrected chi connectivity index (χ2v) is 5.67. The summed E-state index contributed by atoms with van der Waals surface area (Å²) in [5.41, 5.74) is 5.19. The van der Waals surface area contributed by atoms with Gasteiger partial charge in [-0.3, -0.25) is 0 Å². The van der Waals surface area contributed by atoms with E-state index in [1.807, 2.05) is 0 Å². The molecule has 0 aromatic carbocycles. The van der Waals surface area contributed by atoms with Gasteiger partial charge in [-0.05, 0) is 38.0 Å². The molecule has 94 valence electrons. The standard InChI is InChI=1S/C13H25NO2/c1-2-11-3-5-13(15,6-4-11)12(9-14)7-8-16-10-12/h11,15H,2-10,14H2,1H3. The van der Waals surface area contributed by atoms with Crippen LogP contribution in [0, 0.1) is 11.3 Å². The van der Waals surface area contributed by atoms with Crippen LogP contribution in [0.5, 0.6) is 0 Å². The molecule has 0 bridgehead atoms. The van der Waals surface area contributed by atoms with Gasteiger partial charge in [0.2, 0.25) is 0 Å². The van der Waals surface area contributed by atoms with E-state index in [2.05, 4.69) is 6.92 Å². The predicted octanol–water partition coefficient (Wildman–Crippen LogP) is 1.68. The minimum absolute atomic E-state index is 0.161. The van der Waals surface area contributed by atoms with Crippen LogP contribution in [0.4, 0.5) is 0 Å². The second-order valence-electron chi connectivity index (χ2n) is 5.67. The van der Waals surface area contributed by atoms with Crippen molar-refractivity contribution in [2.45, 2.75) is 51.0 Å². The Hall–Kier alpha value is -0.120. The molecular formula is C13H25NO2.